The lowest BCUT2D eigenvalue weighted by Gasteiger charge is -2.42. The molecule has 2 rings (SSSR count). The first kappa shape index (κ1) is 12.4. The van der Waals surface area contributed by atoms with E-state index >= 15 is 0 Å². The Kier molecular flexibility index (Phi) is 3.12. The molecule has 94 valence electrons. The lowest BCUT2D eigenvalue weighted by Crippen LogP contribution is -2.60. The Morgan fingerprint density at radius 2 is 1.94 bits per heavy atom. The van der Waals surface area contributed by atoms with Gasteiger partial charge in [0.25, 0.3) is 0 Å². The minimum absolute atomic E-state index is 0.230. The highest BCUT2D eigenvalue weighted by Gasteiger charge is 2.41. The highest BCUT2D eigenvalue weighted by molar-refractivity contribution is 5.51. The van der Waals surface area contributed by atoms with E-state index in [0.29, 0.717) is 13.2 Å². The monoisotopic (exact) mass is 236 g/mol. The highest BCUT2D eigenvalue weighted by atomic mass is 16.5. The molecule has 1 aromatic rings. The van der Waals surface area contributed by atoms with Crippen LogP contribution < -0.4 is 16.0 Å². The van der Waals surface area contributed by atoms with Crippen LogP contribution in [0.25, 0.3) is 0 Å². The predicted octanol–water partition coefficient (Wildman–Crippen LogP) is 1.31. The first-order valence-corrected chi connectivity index (χ1v) is 5.76. The van der Waals surface area contributed by atoms with Crippen molar-refractivity contribution in [1.29, 1.82) is 0 Å². The number of hydrogen-bond donors (Lipinski definition) is 2. The van der Waals surface area contributed by atoms with Gasteiger partial charge in [0.15, 0.2) is 0 Å². The van der Waals surface area contributed by atoms with Gasteiger partial charge in [-0.15, -0.1) is 0 Å². The van der Waals surface area contributed by atoms with Crippen LogP contribution in [0.15, 0.2) is 6.07 Å². The van der Waals surface area contributed by atoms with Crippen LogP contribution >= 0.6 is 0 Å². The van der Waals surface area contributed by atoms with Crippen LogP contribution in [-0.4, -0.2) is 20.3 Å². The van der Waals surface area contributed by atoms with Gasteiger partial charge in [0.05, 0.1) is 20.3 Å². The summed E-state index contributed by atoms with van der Waals surface area (Å²) in [7, 11) is 1.71. The fraction of sp³-hybridized carbons (Fsp3) is 0.538. The third-order valence-electron chi connectivity index (χ3n) is 3.72. The molecule has 0 atom stereocenters. The fourth-order valence-electron chi connectivity index (χ4n) is 2.49. The summed E-state index contributed by atoms with van der Waals surface area (Å²) in [6.45, 7) is 7.47. The zero-order valence-corrected chi connectivity index (χ0v) is 10.9. The Balaban J connectivity index is 2.56. The molecular formula is C13H20N2O2. The van der Waals surface area contributed by atoms with Crippen molar-refractivity contribution >= 4 is 0 Å². The van der Waals surface area contributed by atoms with Crippen LogP contribution in [-0.2, 0) is 10.3 Å². The molecular weight excluding hydrogens is 216 g/mol. The van der Waals surface area contributed by atoms with E-state index in [4.69, 9.17) is 15.3 Å². The Bertz CT molecular complexity index is 434. The molecule has 1 aromatic carbocycles. The van der Waals surface area contributed by atoms with Gasteiger partial charge in [-0.05, 0) is 43.0 Å². The number of methoxy groups -OCH3 is 1. The van der Waals surface area contributed by atoms with E-state index in [9.17, 15) is 0 Å². The molecule has 0 spiro atoms. The molecule has 1 aliphatic heterocycles. The first-order chi connectivity index (χ1) is 8.05. The Morgan fingerprint density at radius 3 is 2.35 bits per heavy atom. The largest absolute Gasteiger partial charge is 0.496 e. The van der Waals surface area contributed by atoms with Crippen LogP contribution in [0, 0.1) is 20.8 Å². The minimum atomic E-state index is -0.230. The van der Waals surface area contributed by atoms with Crippen LogP contribution in [0.3, 0.4) is 0 Å². The summed E-state index contributed by atoms with van der Waals surface area (Å²) in [5.41, 5.74) is 7.40. The predicted molar refractivity (Wildman–Crippen MR) is 67.0 cm³/mol. The number of benzene rings is 1. The van der Waals surface area contributed by atoms with Gasteiger partial charge in [-0.25, -0.2) is 5.43 Å². The molecule has 0 aliphatic carbocycles. The number of aryl methyl sites for hydroxylation is 1. The summed E-state index contributed by atoms with van der Waals surface area (Å²) in [5.74, 6) is 6.64. The molecule has 4 nitrogen and oxygen atoms in total. The fourth-order valence-corrected chi connectivity index (χ4v) is 2.49. The second-order valence-corrected chi connectivity index (χ2v) is 4.74. The summed E-state index contributed by atoms with van der Waals surface area (Å²) >= 11 is 0. The van der Waals surface area contributed by atoms with Crippen molar-refractivity contribution in [3.8, 4) is 5.75 Å². The Morgan fingerprint density at radius 1 is 1.29 bits per heavy atom. The van der Waals surface area contributed by atoms with Crippen LogP contribution in [0.1, 0.15) is 22.3 Å². The molecule has 1 aliphatic rings. The maximum absolute atomic E-state index is 5.68. The maximum Gasteiger partial charge on any atom is 0.124 e. The molecule has 1 saturated heterocycles. The minimum Gasteiger partial charge on any atom is -0.496 e. The molecule has 17 heavy (non-hydrogen) atoms. The summed E-state index contributed by atoms with van der Waals surface area (Å²) in [4.78, 5) is 0. The van der Waals surface area contributed by atoms with Crippen molar-refractivity contribution in [1.82, 2.24) is 5.43 Å². The lowest BCUT2D eigenvalue weighted by atomic mass is 9.83. The smallest absolute Gasteiger partial charge is 0.124 e. The van der Waals surface area contributed by atoms with Crippen LogP contribution in [0.5, 0.6) is 5.75 Å². The second kappa shape index (κ2) is 4.29. The molecule has 4 heteroatoms. The van der Waals surface area contributed by atoms with Crippen molar-refractivity contribution in [3.05, 3.63) is 28.3 Å². The Hall–Kier alpha value is -1.10. The standard InChI is InChI=1S/C13H20N2O2/c1-8-5-11(13(15-14)6-17-7-13)9(2)10(3)12(8)16-4/h5,15H,6-7,14H2,1-4H3. The van der Waals surface area contributed by atoms with Crippen molar-refractivity contribution in [2.75, 3.05) is 20.3 Å². The normalized spacial score (nSPS) is 17.7. The first-order valence-electron chi connectivity index (χ1n) is 5.76. The van der Waals surface area contributed by atoms with Gasteiger partial charge in [-0.3, -0.25) is 5.84 Å². The molecule has 0 aromatic heterocycles. The number of hydrazine groups is 1. The number of nitrogens with two attached hydrogens (primary N) is 1. The van der Waals surface area contributed by atoms with Crippen LogP contribution in [0.2, 0.25) is 0 Å². The molecule has 1 fully saturated rings. The van der Waals surface area contributed by atoms with Crippen LogP contribution in [0.4, 0.5) is 0 Å². The average molecular weight is 236 g/mol. The average Bonchev–Trinajstić information content (AvgIpc) is 2.25. The summed E-state index contributed by atoms with van der Waals surface area (Å²) in [6, 6.07) is 2.14. The van der Waals surface area contributed by atoms with E-state index in [0.717, 1.165) is 11.3 Å². The highest BCUT2D eigenvalue weighted by Crippen LogP contribution is 2.37. The van der Waals surface area contributed by atoms with E-state index in [-0.39, 0.29) is 5.54 Å². The van der Waals surface area contributed by atoms with E-state index in [1.54, 1.807) is 7.11 Å². The number of ether oxygens (including phenoxy) is 2. The summed E-state index contributed by atoms with van der Waals surface area (Å²) < 4.78 is 10.7. The lowest BCUT2D eigenvalue weighted by molar-refractivity contribution is -0.0790. The van der Waals surface area contributed by atoms with Gasteiger partial charge in [0.2, 0.25) is 0 Å². The van der Waals surface area contributed by atoms with Gasteiger partial charge in [-0.1, -0.05) is 6.07 Å². The molecule has 0 saturated carbocycles. The molecule has 0 bridgehead atoms. The molecule has 0 unspecified atom stereocenters. The molecule has 3 N–H and O–H groups in total. The van der Waals surface area contributed by atoms with E-state index < -0.39 is 0 Å². The molecule has 0 amide bonds. The van der Waals surface area contributed by atoms with Gasteiger partial charge < -0.3 is 9.47 Å². The van der Waals surface area contributed by atoms with Crippen molar-refractivity contribution in [2.24, 2.45) is 5.84 Å². The maximum atomic E-state index is 5.68. The van der Waals surface area contributed by atoms with Gasteiger partial charge in [-0.2, -0.15) is 0 Å². The topological polar surface area (TPSA) is 56.5 Å². The third-order valence-corrected chi connectivity index (χ3v) is 3.72. The third kappa shape index (κ3) is 1.73. The van der Waals surface area contributed by atoms with E-state index in [1.165, 1.54) is 16.7 Å². The quantitative estimate of drug-likeness (QED) is 0.613. The van der Waals surface area contributed by atoms with Crippen molar-refractivity contribution < 1.29 is 9.47 Å². The van der Waals surface area contributed by atoms with Crippen molar-refractivity contribution in [3.63, 3.8) is 0 Å². The number of nitrogens with one attached hydrogen (secondary N) is 1. The number of rotatable bonds is 3. The Labute approximate surface area is 102 Å². The van der Waals surface area contributed by atoms with E-state index in [1.807, 2.05) is 0 Å². The van der Waals surface area contributed by atoms with Gasteiger partial charge >= 0.3 is 0 Å². The summed E-state index contributed by atoms with van der Waals surface area (Å²) in [5, 5.41) is 0. The van der Waals surface area contributed by atoms with E-state index in [2.05, 4.69) is 32.3 Å². The molecule has 1 heterocycles. The zero-order valence-electron chi connectivity index (χ0n) is 10.9. The van der Waals surface area contributed by atoms with Gasteiger partial charge in [0, 0.05) is 0 Å². The van der Waals surface area contributed by atoms with Crippen molar-refractivity contribution in [2.45, 2.75) is 26.3 Å². The SMILES string of the molecule is COc1c(C)cc(C2(NN)COC2)c(C)c1C. The number of hydrogen-bond acceptors (Lipinski definition) is 4. The van der Waals surface area contributed by atoms with Gasteiger partial charge in [0.1, 0.15) is 11.3 Å². The zero-order chi connectivity index (χ0) is 12.6. The summed E-state index contributed by atoms with van der Waals surface area (Å²) in [6.07, 6.45) is 0. The molecule has 0 radical (unpaired) electrons. The second-order valence-electron chi connectivity index (χ2n) is 4.74.